The van der Waals surface area contributed by atoms with E-state index in [1.807, 2.05) is 130 Å². The normalized spacial score (nSPS) is 10.9. The maximum absolute atomic E-state index is 10.7. The van der Waals surface area contributed by atoms with Crippen molar-refractivity contribution in [3.05, 3.63) is 306 Å². The molecule has 11 rings (SSSR count). The van der Waals surface area contributed by atoms with Crippen molar-refractivity contribution in [2.75, 3.05) is 0 Å². The number of nitrogens with zero attached hydrogens (tertiary/aromatic N) is 2. The molecule has 0 heterocycles. The topological polar surface area (TPSA) is 195 Å². The number of hydrogen-bond donors (Lipinski definition) is 1. The number of nitriles is 2. The molecule has 0 saturated carbocycles. The molecule has 21 heteroatoms. The number of halogens is 6. The van der Waals surface area contributed by atoms with Crippen LogP contribution in [-0.2, 0) is 44.2 Å². The van der Waals surface area contributed by atoms with Crippen molar-refractivity contribution in [2.45, 2.75) is 31.8 Å². The van der Waals surface area contributed by atoms with Gasteiger partial charge in [-0.05, 0) is 139 Å². The van der Waals surface area contributed by atoms with Crippen LogP contribution in [0.4, 0.5) is 26.3 Å². The second-order valence-corrected chi connectivity index (χ2v) is 26.7. The summed E-state index contributed by atoms with van der Waals surface area (Å²) in [5.74, 6) is 0.228. The van der Waals surface area contributed by atoms with Crippen LogP contribution in [0.25, 0.3) is 32.7 Å². The van der Waals surface area contributed by atoms with E-state index in [-0.39, 0.29) is 25.4 Å². The fourth-order valence-electron chi connectivity index (χ4n) is 8.49. The average molecular weight is 1390 g/mol. The van der Waals surface area contributed by atoms with E-state index in [4.69, 9.17) is 46.4 Å². The van der Waals surface area contributed by atoms with Gasteiger partial charge in [-0.3, -0.25) is 5.41 Å². The third-order valence-electron chi connectivity index (χ3n) is 12.9. The zero-order valence-electron chi connectivity index (χ0n) is 48.7. The van der Waals surface area contributed by atoms with Gasteiger partial charge >= 0.3 is 30.5 Å². The van der Waals surface area contributed by atoms with E-state index in [0.717, 1.165) is 27.3 Å². The summed E-state index contributed by atoms with van der Waals surface area (Å²) in [6.07, 6.45) is 0. The van der Waals surface area contributed by atoms with Gasteiger partial charge in [0.2, 0.25) is 8.15 Å². The number of fused-ring (bicyclic) bond motifs is 2. The predicted molar refractivity (Wildman–Crippen MR) is 350 cm³/mol. The van der Waals surface area contributed by atoms with Gasteiger partial charge in [0.1, 0.15) is 26.5 Å². The number of rotatable bonds is 8. The standard InChI is InChI=1S/C32H23P.C20H18NOP.2C8H7N.2CHF3O3S.Ru/c1-3-15-26(16-4-1)33(27-17-5-2-6-18-27)31-23-22-25-13-8-10-20-29(25)32(31)30-21-11-14-24-12-7-9-19-28(24)30;1-16-12-14-17(15-13-16)20(21)22-23(18-8-4-2-5-9-18)19-10-6-3-7-11-19;2*1-7-2-4-8(6-9)5-3-7;2*2-1(3,4)8(5,6)7;/h1-23H;2-15,21H,1H3;2*2-5H,1H3;2*(H,5,6,7);/q;;;;;;+2. The molecule has 11 aromatic rings. The summed E-state index contributed by atoms with van der Waals surface area (Å²) in [5, 5.41) is 36.8. The Morgan fingerprint density at radius 2 is 0.747 bits per heavy atom. The fourth-order valence-corrected chi connectivity index (χ4v) is 13.1. The Morgan fingerprint density at radius 1 is 0.429 bits per heavy atom. The predicted octanol–water partition coefficient (Wildman–Crippen LogP) is 15.1. The third-order valence-corrected chi connectivity index (χ3v) is 18.9. The van der Waals surface area contributed by atoms with Crippen LogP contribution in [0.15, 0.2) is 273 Å². The number of hydrogen-bond acceptors (Lipinski definition) is 10. The van der Waals surface area contributed by atoms with E-state index in [0.29, 0.717) is 0 Å². The van der Waals surface area contributed by atoms with Gasteiger partial charge in [0, 0.05) is 11.1 Å². The molecule has 1 N–H and O–H groups in total. The molecule has 0 radical (unpaired) electrons. The molecule has 0 spiro atoms. The fraction of sp³-hybridized carbons (Fsp3) is 0.0714. The van der Waals surface area contributed by atoms with E-state index in [2.05, 4.69) is 176 Å². The van der Waals surface area contributed by atoms with Crippen molar-refractivity contribution in [3.8, 4) is 23.3 Å². The molecule has 0 fully saturated rings. The van der Waals surface area contributed by atoms with Gasteiger partial charge in [0.05, 0.1) is 31.2 Å². The average Bonchev–Trinajstić information content (AvgIpc) is 0.835. The molecule has 0 aromatic heterocycles. The van der Waals surface area contributed by atoms with Crippen LogP contribution in [0.1, 0.15) is 33.4 Å². The van der Waals surface area contributed by atoms with Gasteiger partial charge in [-0.25, -0.2) is 16.8 Å². The van der Waals surface area contributed by atoms with Crippen molar-refractivity contribution in [1.29, 1.82) is 15.9 Å². The first-order chi connectivity index (χ1) is 42.8. The maximum Gasteiger partial charge on any atom is 2.00 e. The quantitative estimate of drug-likeness (QED) is 0.0293. The van der Waals surface area contributed by atoms with Crippen LogP contribution in [0.5, 0.6) is 0 Å². The Balaban J connectivity index is 0.000000223. The van der Waals surface area contributed by atoms with Crippen molar-refractivity contribution in [2.24, 2.45) is 0 Å². The Kier molecular flexibility index (Phi) is 27.7. The molecule has 0 atom stereocenters. The largest absolute Gasteiger partial charge is 2.00 e. The molecule has 0 amide bonds. The van der Waals surface area contributed by atoms with Crippen molar-refractivity contribution in [3.63, 3.8) is 0 Å². The van der Waals surface area contributed by atoms with Gasteiger partial charge < -0.3 is 13.6 Å². The summed E-state index contributed by atoms with van der Waals surface area (Å²) in [5.41, 5.74) is -2.80. The smallest absolute Gasteiger partial charge is 0.741 e. The van der Waals surface area contributed by atoms with E-state index < -0.39 is 47.3 Å². The molecular formula is C70H57F6N3O7P2RuS2+2. The molecule has 0 bridgehead atoms. The van der Waals surface area contributed by atoms with Gasteiger partial charge in [0.15, 0.2) is 20.2 Å². The summed E-state index contributed by atoms with van der Waals surface area (Å²) < 4.78 is 124. The number of benzene rings is 11. The number of nitrogens with one attached hydrogen (secondary N) is 1. The minimum absolute atomic E-state index is 0. The third kappa shape index (κ3) is 22.0. The van der Waals surface area contributed by atoms with Crippen molar-refractivity contribution in [1.82, 2.24) is 0 Å². The molecular weight excluding hydrogens is 1340 g/mol. The van der Waals surface area contributed by atoms with Crippen LogP contribution in [0.3, 0.4) is 0 Å². The minimum Gasteiger partial charge on any atom is -0.741 e. The van der Waals surface area contributed by atoms with Gasteiger partial charge in [-0.1, -0.05) is 199 Å². The second-order valence-electron chi connectivity index (χ2n) is 19.5. The number of alkyl halides is 6. The summed E-state index contributed by atoms with van der Waals surface area (Å²) in [6, 6.07) is 98.3. The Morgan fingerprint density at radius 3 is 1.12 bits per heavy atom. The molecule has 0 aliphatic carbocycles. The van der Waals surface area contributed by atoms with Crippen LogP contribution < -0.4 is 26.5 Å². The van der Waals surface area contributed by atoms with Crippen LogP contribution in [0.2, 0.25) is 0 Å². The molecule has 464 valence electrons. The zero-order chi connectivity index (χ0) is 65.5. The molecule has 11 aromatic carbocycles. The van der Waals surface area contributed by atoms with Crippen LogP contribution in [-0.4, -0.2) is 42.9 Å². The van der Waals surface area contributed by atoms with Crippen LogP contribution >= 0.6 is 16.1 Å². The van der Waals surface area contributed by atoms with Crippen molar-refractivity contribution >= 4 is 90.3 Å². The first-order valence-corrected chi connectivity index (χ1v) is 32.8. The Labute approximate surface area is 540 Å². The van der Waals surface area contributed by atoms with E-state index in [9.17, 15) is 26.3 Å². The van der Waals surface area contributed by atoms with Gasteiger partial charge in [0.25, 0.3) is 5.90 Å². The molecule has 0 unspecified atom stereocenters. The summed E-state index contributed by atoms with van der Waals surface area (Å²) in [7, 11) is -14.9. The number of aryl methyl sites for hydroxylation is 3. The summed E-state index contributed by atoms with van der Waals surface area (Å²) in [6.45, 7) is 6.04. The maximum atomic E-state index is 10.7. The first-order valence-electron chi connectivity index (χ1n) is 27.1. The summed E-state index contributed by atoms with van der Waals surface area (Å²) >= 11 is 0. The zero-order valence-corrected chi connectivity index (χ0v) is 54.0. The van der Waals surface area contributed by atoms with E-state index >= 15 is 0 Å². The molecule has 0 aliphatic heterocycles. The van der Waals surface area contributed by atoms with E-state index in [1.54, 1.807) is 0 Å². The van der Waals surface area contributed by atoms with Gasteiger partial charge in [-0.2, -0.15) is 36.9 Å². The summed E-state index contributed by atoms with van der Waals surface area (Å²) in [4.78, 5) is 0. The Bertz CT molecular complexity index is 4260. The molecule has 0 aliphatic rings. The van der Waals surface area contributed by atoms with Crippen molar-refractivity contribution < 1.29 is 76.3 Å². The van der Waals surface area contributed by atoms with E-state index in [1.165, 1.54) is 65.3 Å². The van der Waals surface area contributed by atoms with Gasteiger partial charge in [-0.15, -0.1) is 0 Å². The monoisotopic (exact) mass is 1390 g/mol. The molecule has 0 saturated heterocycles. The molecule has 91 heavy (non-hydrogen) atoms. The first kappa shape index (κ1) is 73.0. The molecule has 10 nitrogen and oxygen atoms in total. The second kappa shape index (κ2) is 34.5. The SMILES string of the molecule is Cc1ccc(C#N)cc1.Cc1ccc(C#N)cc1.Cc1ccc(C(=N)O[PH+](c2ccccc2)c2ccccc2)cc1.O=S(=O)([O-])C(F)(F)F.O=S(=O)([O-])C(F)(F)F.[Ru+2].c1ccc([PH+](c2ccccc2)c2ccc3ccccc3c2-c2cccc3ccccc23)cc1. The Hall–Kier alpha value is -8.73. The minimum atomic E-state index is -6.09. The van der Waals surface area contributed by atoms with Crippen LogP contribution in [0, 0.1) is 48.8 Å².